The van der Waals surface area contributed by atoms with Crippen LogP contribution in [0.25, 0.3) is 10.9 Å². The molecule has 94 valence electrons. The maximum absolute atomic E-state index is 11.9. The molecule has 0 unspecified atom stereocenters. The number of rotatable bonds is 2. The summed E-state index contributed by atoms with van der Waals surface area (Å²) in [5, 5.41) is 0.913. The van der Waals surface area contributed by atoms with E-state index in [0.717, 1.165) is 20.9 Å². The highest BCUT2D eigenvalue weighted by Gasteiger charge is 2.14. The standard InChI is InChI=1S/C13H12BrNO3/c1-7-8(6-11(16)18-2)13(17)15-10-5-3-4-9(14)12(7)10/h3-5H,6H2,1-2H3,(H,15,17). The van der Waals surface area contributed by atoms with Crippen molar-refractivity contribution in [3.05, 3.63) is 44.2 Å². The van der Waals surface area contributed by atoms with E-state index in [0.29, 0.717) is 5.56 Å². The van der Waals surface area contributed by atoms with Gasteiger partial charge in [-0.2, -0.15) is 0 Å². The second-order valence-corrected chi connectivity index (χ2v) is 4.83. The summed E-state index contributed by atoms with van der Waals surface area (Å²) in [7, 11) is 1.31. The largest absolute Gasteiger partial charge is 0.469 e. The Hall–Kier alpha value is -1.62. The maximum Gasteiger partial charge on any atom is 0.310 e. The third-order valence-electron chi connectivity index (χ3n) is 2.91. The number of aromatic nitrogens is 1. The SMILES string of the molecule is COC(=O)Cc1c(C)c2c(Br)cccc2[nH]c1=O. The van der Waals surface area contributed by atoms with Crippen LogP contribution in [0.1, 0.15) is 11.1 Å². The number of nitrogens with one attached hydrogen (secondary N) is 1. The molecule has 1 heterocycles. The van der Waals surface area contributed by atoms with Crippen molar-refractivity contribution in [3.63, 3.8) is 0 Å². The van der Waals surface area contributed by atoms with Gasteiger partial charge in [-0.1, -0.05) is 22.0 Å². The third kappa shape index (κ3) is 2.18. The van der Waals surface area contributed by atoms with Crippen LogP contribution in [-0.2, 0) is 16.0 Å². The Labute approximate surface area is 112 Å². The topological polar surface area (TPSA) is 59.2 Å². The van der Waals surface area contributed by atoms with Crippen molar-refractivity contribution >= 4 is 32.8 Å². The Balaban J connectivity index is 2.72. The van der Waals surface area contributed by atoms with Crippen LogP contribution in [0, 0.1) is 6.92 Å². The van der Waals surface area contributed by atoms with Crippen molar-refractivity contribution in [3.8, 4) is 0 Å². The number of hydrogen-bond donors (Lipinski definition) is 1. The zero-order chi connectivity index (χ0) is 13.3. The first-order chi connectivity index (χ1) is 8.54. The lowest BCUT2D eigenvalue weighted by Gasteiger charge is -2.09. The van der Waals surface area contributed by atoms with Gasteiger partial charge in [0, 0.05) is 20.9 Å². The van der Waals surface area contributed by atoms with E-state index < -0.39 is 5.97 Å². The van der Waals surface area contributed by atoms with Gasteiger partial charge < -0.3 is 9.72 Å². The van der Waals surface area contributed by atoms with Crippen LogP contribution in [0.2, 0.25) is 0 Å². The van der Waals surface area contributed by atoms with Gasteiger partial charge in [-0.25, -0.2) is 0 Å². The molecule has 0 fully saturated rings. The summed E-state index contributed by atoms with van der Waals surface area (Å²) >= 11 is 3.45. The molecule has 2 rings (SSSR count). The molecule has 2 aromatic rings. The number of carbonyl (C=O) groups excluding carboxylic acids is 1. The number of halogens is 1. The van der Waals surface area contributed by atoms with Crippen LogP contribution in [-0.4, -0.2) is 18.1 Å². The van der Waals surface area contributed by atoms with E-state index >= 15 is 0 Å². The fourth-order valence-electron chi connectivity index (χ4n) is 1.96. The lowest BCUT2D eigenvalue weighted by Crippen LogP contribution is -2.19. The molecular formula is C13H12BrNO3. The van der Waals surface area contributed by atoms with Crippen molar-refractivity contribution in [1.82, 2.24) is 4.98 Å². The van der Waals surface area contributed by atoms with Gasteiger partial charge in [0.1, 0.15) is 0 Å². The average molecular weight is 310 g/mol. The van der Waals surface area contributed by atoms with Gasteiger partial charge in [0.15, 0.2) is 0 Å². The van der Waals surface area contributed by atoms with Crippen LogP contribution in [0.15, 0.2) is 27.5 Å². The normalized spacial score (nSPS) is 10.6. The van der Waals surface area contributed by atoms with Gasteiger partial charge in [-0.15, -0.1) is 0 Å². The molecule has 0 atom stereocenters. The molecule has 18 heavy (non-hydrogen) atoms. The van der Waals surface area contributed by atoms with E-state index in [2.05, 4.69) is 25.7 Å². The number of aryl methyl sites for hydroxylation is 1. The third-order valence-corrected chi connectivity index (χ3v) is 3.57. The lowest BCUT2D eigenvalue weighted by atomic mass is 10.0. The van der Waals surface area contributed by atoms with Gasteiger partial charge in [0.25, 0.3) is 5.56 Å². The number of fused-ring (bicyclic) bond motifs is 1. The number of methoxy groups -OCH3 is 1. The number of ether oxygens (including phenoxy) is 1. The molecule has 0 aliphatic rings. The maximum atomic E-state index is 11.9. The van der Waals surface area contributed by atoms with Crippen LogP contribution in [0.5, 0.6) is 0 Å². The number of esters is 1. The molecule has 1 aromatic heterocycles. The van der Waals surface area contributed by atoms with Crippen molar-refractivity contribution in [2.75, 3.05) is 7.11 Å². The number of hydrogen-bond acceptors (Lipinski definition) is 3. The average Bonchev–Trinajstić information content (AvgIpc) is 2.33. The summed E-state index contributed by atoms with van der Waals surface area (Å²) in [5.41, 5.74) is 1.75. The molecule has 1 aromatic carbocycles. The smallest absolute Gasteiger partial charge is 0.310 e. The Bertz CT molecular complexity index is 676. The number of pyridine rings is 1. The Kier molecular flexibility index (Phi) is 3.52. The summed E-state index contributed by atoms with van der Waals surface area (Å²) in [6, 6.07) is 5.58. The minimum absolute atomic E-state index is 0.0189. The quantitative estimate of drug-likeness (QED) is 0.866. The minimum Gasteiger partial charge on any atom is -0.469 e. The first-order valence-corrected chi connectivity index (χ1v) is 6.20. The van der Waals surface area contributed by atoms with E-state index in [1.807, 2.05) is 25.1 Å². The van der Waals surface area contributed by atoms with E-state index in [1.165, 1.54) is 7.11 Å². The molecular weight excluding hydrogens is 298 g/mol. The number of benzene rings is 1. The van der Waals surface area contributed by atoms with E-state index in [1.54, 1.807) is 0 Å². The van der Waals surface area contributed by atoms with Gasteiger partial charge in [0.2, 0.25) is 0 Å². The fraction of sp³-hybridized carbons (Fsp3) is 0.231. The summed E-state index contributed by atoms with van der Waals surface area (Å²) in [6.45, 7) is 1.83. The lowest BCUT2D eigenvalue weighted by molar-refractivity contribution is -0.139. The predicted molar refractivity (Wildman–Crippen MR) is 72.7 cm³/mol. The second kappa shape index (κ2) is 4.94. The highest BCUT2D eigenvalue weighted by Crippen LogP contribution is 2.26. The molecule has 0 amide bonds. The first kappa shape index (κ1) is 12.8. The fourth-order valence-corrected chi connectivity index (χ4v) is 2.62. The summed E-state index contributed by atoms with van der Waals surface area (Å²) in [6.07, 6.45) is -0.0189. The highest BCUT2D eigenvalue weighted by molar-refractivity contribution is 9.10. The number of aromatic amines is 1. The number of carbonyl (C=O) groups is 1. The monoisotopic (exact) mass is 309 g/mol. The molecule has 0 saturated carbocycles. The molecule has 4 nitrogen and oxygen atoms in total. The minimum atomic E-state index is -0.421. The predicted octanol–water partition coefficient (Wildman–Crippen LogP) is 2.31. The Morgan fingerprint density at radius 3 is 2.83 bits per heavy atom. The Morgan fingerprint density at radius 2 is 2.17 bits per heavy atom. The van der Waals surface area contributed by atoms with Crippen molar-refractivity contribution < 1.29 is 9.53 Å². The first-order valence-electron chi connectivity index (χ1n) is 5.41. The van der Waals surface area contributed by atoms with Crippen molar-refractivity contribution in [2.45, 2.75) is 13.3 Å². The zero-order valence-corrected chi connectivity index (χ0v) is 11.6. The van der Waals surface area contributed by atoms with Crippen LogP contribution in [0.3, 0.4) is 0 Å². The molecule has 1 N–H and O–H groups in total. The summed E-state index contributed by atoms with van der Waals surface area (Å²) < 4.78 is 5.49. The van der Waals surface area contributed by atoms with E-state index in [-0.39, 0.29) is 12.0 Å². The van der Waals surface area contributed by atoms with E-state index in [9.17, 15) is 9.59 Å². The van der Waals surface area contributed by atoms with Gasteiger partial charge in [0.05, 0.1) is 13.5 Å². The molecule has 0 aliphatic carbocycles. The summed E-state index contributed by atoms with van der Waals surface area (Å²) in [5.74, 6) is -0.421. The molecule has 0 radical (unpaired) electrons. The molecule has 0 aliphatic heterocycles. The highest BCUT2D eigenvalue weighted by atomic mass is 79.9. The molecule has 0 bridgehead atoms. The zero-order valence-electron chi connectivity index (χ0n) is 10.0. The van der Waals surface area contributed by atoms with Crippen molar-refractivity contribution in [1.29, 1.82) is 0 Å². The second-order valence-electron chi connectivity index (χ2n) is 3.97. The van der Waals surface area contributed by atoms with Gasteiger partial charge in [-0.05, 0) is 24.6 Å². The molecule has 5 heteroatoms. The van der Waals surface area contributed by atoms with Crippen LogP contribution in [0.4, 0.5) is 0 Å². The van der Waals surface area contributed by atoms with Crippen LogP contribution < -0.4 is 5.56 Å². The van der Waals surface area contributed by atoms with E-state index in [4.69, 9.17) is 0 Å². The number of H-pyrrole nitrogens is 1. The van der Waals surface area contributed by atoms with Gasteiger partial charge >= 0.3 is 5.97 Å². The molecule has 0 saturated heterocycles. The molecule has 0 spiro atoms. The van der Waals surface area contributed by atoms with Gasteiger partial charge in [-0.3, -0.25) is 9.59 Å². The summed E-state index contributed by atoms with van der Waals surface area (Å²) in [4.78, 5) is 26.0. The Morgan fingerprint density at radius 1 is 1.44 bits per heavy atom. The van der Waals surface area contributed by atoms with Crippen LogP contribution >= 0.6 is 15.9 Å². The van der Waals surface area contributed by atoms with Crippen molar-refractivity contribution in [2.24, 2.45) is 0 Å².